The van der Waals surface area contributed by atoms with Crippen LogP contribution in [0.4, 0.5) is 0 Å². The van der Waals surface area contributed by atoms with Crippen LogP contribution >= 0.6 is 0 Å². The Bertz CT molecular complexity index is 537. The molecule has 1 atom stereocenters. The second-order valence-corrected chi connectivity index (χ2v) is 5.67. The zero-order chi connectivity index (χ0) is 17.4. The van der Waals surface area contributed by atoms with Gasteiger partial charge in [0.25, 0.3) is 5.91 Å². The molecule has 0 spiro atoms. The Morgan fingerprint density at radius 2 is 2.04 bits per heavy atom. The van der Waals surface area contributed by atoms with Gasteiger partial charge in [0, 0.05) is 25.3 Å². The van der Waals surface area contributed by atoms with Crippen LogP contribution in [0.1, 0.15) is 36.5 Å². The van der Waals surface area contributed by atoms with E-state index in [2.05, 4.69) is 0 Å². The van der Waals surface area contributed by atoms with E-state index in [9.17, 15) is 9.59 Å². The average Bonchev–Trinajstić information content (AvgIpc) is 3.11. The molecular weight excluding hydrogens is 310 g/mol. The van der Waals surface area contributed by atoms with E-state index in [4.69, 9.17) is 14.2 Å². The highest BCUT2D eigenvalue weighted by molar-refractivity contribution is 5.94. The molecule has 0 bridgehead atoms. The van der Waals surface area contributed by atoms with Gasteiger partial charge < -0.3 is 19.1 Å². The Kier molecular flexibility index (Phi) is 7.06. The Morgan fingerprint density at radius 1 is 1.29 bits per heavy atom. The highest BCUT2D eigenvalue weighted by atomic mass is 16.5. The largest absolute Gasteiger partial charge is 0.497 e. The number of hydrogen-bond acceptors (Lipinski definition) is 5. The van der Waals surface area contributed by atoms with Gasteiger partial charge in [-0.1, -0.05) is 0 Å². The summed E-state index contributed by atoms with van der Waals surface area (Å²) >= 11 is 0. The van der Waals surface area contributed by atoms with Crippen molar-refractivity contribution in [3.8, 4) is 5.75 Å². The summed E-state index contributed by atoms with van der Waals surface area (Å²) < 4.78 is 15.7. The molecule has 6 heteroatoms. The van der Waals surface area contributed by atoms with Crippen molar-refractivity contribution in [2.45, 2.75) is 32.3 Å². The van der Waals surface area contributed by atoms with Crippen molar-refractivity contribution in [1.29, 1.82) is 0 Å². The maximum atomic E-state index is 12.8. The second-order valence-electron chi connectivity index (χ2n) is 5.67. The molecule has 1 fully saturated rings. The van der Waals surface area contributed by atoms with Gasteiger partial charge in [-0.15, -0.1) is 0 Å². The molecule has 2 rings (SSSR count). The number of ether oxygens (including phenoxy) is 3. The smallest absolute Gasteiger partial charge is 0.307 e. The highest BCUT2D eigenvalue weighted by Crippen LogP contribution is 2.17. The van der Waals surface area contributed by atoms with Gasteiger partial charge in [0.2, 0.25) is 0 Å². The molecule has 0 radical (unpaired) electrons. The molecule has 0 N–H and O–H groups in total. The third kappa shape index (κ3) is 5.23. The quantitative estimate of drug-likeness (QED) is 0.682. The molecule has 1 aliphatic rings. The lowest BCUT2D eigenvalue weighted by Crippen LogP contribution is -2.39. The highest BCUT2D eigenvalue weighted by Gasteiger charge is 2.24. The predicted molar refractivity (Wildman–Crippen MR) is 89.1 cm³/mol. The second kappa shape index (κ2) is 9.27. The Morgan fingerprint density at radius 3 is 2.62 bits per heavy atom. The summed E-state index contributed by atoms with van der Waals surface area (Å²) in [6.07, 6.45) is 2.16. The lowest BCUT2D eigenvalue weighted by Gasteiger charge is -2.25. The third-order valence-corrected chi connectivity index (χ3v) is 3.96. The molecule has 0 saturated carbocycles. The van der Waals surface area contributed by atoms with Gasteiger partial charge in [0.05, 0.1) is 26.2 Å². The summed E-state index contributed by atoms with van der Waals surface area (Å²) in [4.78, 5) is 26.1. The van der Waals surface area contributed by atoms with Crippen molar-refractivity contribution in [3.63, 3.8) is 0 Å². The average molecular weight is 335 g/mol. The molecular formula is C18H25NO5. The van der Waals surface area contributed by atoms with E-state index in [1.165, 1.54) is 0 Å². The Labute approximate surface area is 142 Å². The number of benzene rings is 1. The molecule has 0 aromatic heterocycles. The van der Waals surface area contributed by atoms with Crippen molar-refractivity contribution in [2.24, 2.45) is 0 Å². The van der Waals surface area contributed by atoms with E-state index in [1.807, 2.05) is 0 Å². The molecule has 1 heterocycles. The van der Waals surface area contributed by atoms with E-state index in [0.29, 0.717) is 31.0 Å². The number of amides is 1. The van der Waals surface area contributed by atoms with Gasteiger partial charge in [0.1, 0.15) is 5.75 Å². The van der Waals surface area contributed by atoms with Gasteiger partial charge in [-0.25, -0.2) is 0 Å². The number of carbonyl (C=O) groups is 2. The minimum atomic E-state index is -0.294. The third-order valence-electron chi connectivity index (χ3n) is 3.96. The predicted octanol–water partition coefficient (Wildman–Crippen LogP) is 2.27. The monoisotopic (exact) mass is 335 g/mol. The number of esters is 1. The van der Waals surface area contributed by atoms with Crippen molar-refractivity contribution in [2.75, 3.05) is 33.4 Å². The Balaban J connectivity index is 2.03. The summed E-state index contributed by atoms with van der Waals surface area (Å²) in [7, 11) is 1.58. The van der Waals surface area contributed by atoms with Crippen LogP contribution in [0, 0.1) is 0 Å². The fourth-order valence-electron chi connectivity index (χ4n) is 2.69. The minimum absolute atomic E-state index is 0.0365. The van der Waals surface area contributed by atoms with Gasteiger partial charge in [-0.05, 0) is 44.0 Å². The summed E-state index contributed by atoms with van der Waals surface area (Å²) in [5, 5.41) is 0. The van der Waals surface area contributed by atoms with Crippen molar-refractivity contribution >= 4 is 11.9 Å². The van der Waals surface area contributed by atoms with Gasteiger partial charge >= 0.3 is 5.97 Å². The SMILES string of the molecule is CCOC(=O)CCN(CC1CCCO1)C(=O)c1ccc(OC)cc1. The molecule has 1 unspecified atom stereocenters. The number of carbonyl (C=O) groups excluding carboxylic acids is 2. The standard InChI is InChI=1S/C18H25NO5/c1-3-23-17(20)10-11-19(13-16-5-4-12-24-16)18(21)14-6-8-15(22-2)9-7-14/h6-9,16H,3-5,10-13H2,1-2H3. The van der Waals surface area contributed by atoms with Crippen LogP contribution in [-0.2, 0) is 14.3 Å². The number of rotatable bonds is 8. The first-order valence-electron chi connectivity index (χ1n) is 8.34. The zero-order valence-electron chi connectivity index (χ0n) is 14.3. The zero-order valence-corrected chi connectivity index (χ0v) is 14.3. The summed E-state index contributed by atoms with van der Waals surface area (Å²) in [5.41, 5.74) is 0.567. The van der Waals surface area contributed by atoms with Crippen LogP contribution in [0.5, 0.6) is 5.75 Å². The lowest BCUT2D eigenvalue weighted by atomic mass is 10.1. The van der Waals surface area contributed by atoms with Crippen LogP contribution in [0.2, 0.25) is 0 Å². The van der Waals surface area contributed by atoms with Crippen LogP contribution in [-0.4, -0.2) is 56.3 Å². The van der Waals surface area contributed by atoms with E-state index < -0.39 is 0 Å². The first kappa shape index (κ1) is 18.3. The molecule has 1 aliphatic heterocycles. The number of nitrogens with zero attached hydrogens (tertiary/aromatic N) is 1. The molecule has 24 heavy (non-hydrogen) atoms. The van der Waals surface area contributed by atoms with Crippen LogP contribution in [0.3, 0.4) is 0 Å². The minimum Gasteiger partial charge on any atom is -0.497 e. The first-order chi connectivity index (χ1) is 11.6. The van der Waals surface area contributed by atoms with Gasteiger partial charge in [-0.3, -0.25) is 9.59 Å². The van der Waals surface area contributed by atoms with E-state index in [1.54, 1.807) is 43.2 Å². The molecule has 1 amide bonds. The molecule has 1 aromatic carbocycles. The van der Waals surface area contributed by atoms with Gasteiger partial charge in [0.15, 0.2) is 0 Å². The normalized spacial score (nSPS) is 16.7. The maximum absolute atomic E-state index is 12.8. The molecule has 1 aromatic rings. The van der Waals surface area contributed by atoms with E-state index in [0.717, 1.165) is 19.4 Å². The van der Waals surface area contributed by atoms with Crippen LogP contribution in [0.15, 0.2) is 24.3 Å². The van der Waals surface area contributed by atoms with E-state index >= 15 is 0 Å². The lowest BCUT2D eigenvalue weighted by molar-refractivity contribution is -0.143. The number of hydrogen-bond donors (Lipinski definition) is 0. The fraction of sp³-hybridized carbons (Fsp3) is 0.556. The molecule has 1 saturated heterocycles. The topological polar surface area (TPSA) is 65.1 Å². The van der Waals surface area contributed by atoms with Crippen molar-refractivity contribution in [1.82, 2.24) is 4.90 Å². The Hall–Kier alpha value is -2.08. The fourth-order valence-corrected chi connectivity index (χ4v) is 2.69. The first-order valence-corrected chi connectivity index (χ1v) is 8.34. The van der Waals surface area contributed by atoms with Crippen molar-refractivity contribution in [3.05, 3.63) is 29.8 Å². The van der Waals surface area contributed by atoms with Crippen LogP contribution in [0.25, 0.3) is 0 Å². The summed E-state index contributed by atoms with van der Waals surface area (Å²) in [6.45, 7) is 3.66. The molecule has 6 nitrogen and oxygen atoms in total. The summed E-state index contributed by atoms with van der Waals surface area (Å²) in [6, 6.07) is 6.97. The van der Waals surface area contributed by atoms with Crippen LogP contribution < -0.4 is 4.74 Å². The maximum Gasteiger partial charge on any atom is 0.307 e. The van der Waals surface area contributed by atoms with Gasteiger partial charge in [-0.2, -0.15) is 0 Å². The summed E-state index contributed by atoms with van der Waals surface area (Å²) in [5.74, 6) is 0.290. The van der Waals surface area contributed by atoms with E-state index in [-0.39, 0.29) is 24.4 Å². The molecule has 0 aliphatic carbocycles. The molecule has 132 valence electrons. The van der Waals surface area contributed by atoms with Crippen molar-refractivity contribution < 1.29 is 23.8 Å². The number of methoxy groups -OCH3 is 1.